The first-order valence-corrected chi connectivity index (χ1v) is 10.1. The lowest BCUT2D eigenvalue weighted by atomic mass is 9.59. The summed E-state index contributed by atoms with van der Waals surface area (Å²) >= 11 is 0. The molecule has 0 bridgehead atoms. The van der Waals surface area contributed by atoms with E-state index in [1.165, 1.54) is 0 Å². The fraction of sp³-hybridized carbons (Fsp3) is 0.542. The van der Waals surface area contributed by atoms with Crippen molar-refractivity contribution in [3.63, 3.8) is 0 Å². The molecular formula is C24H29NO3. The maximum atomic E-state index is 13.1. The molecule has 0 aliphatic heterocycles. The van der Waals surface area contributed by atoms with Crippen LogP contribution in [0.5, 0.6) is 0 Å². The number of ketones is 2. The van der Waals surface area contributed by atoms with Crippen molar-refractivity contribution in [1.82, 2.24) is 0 Å². The van der Waals surface area contributed by atoms with Gasteiger partial charge < -0.3 is 5.73 Å². The lowest BCUT2D eigenvalue weighted by Gasteiger charge is -2.43. The molecule has 0 saturated heterocycles. The summed E-state index contributed by atoms with van der Waals surface area (Å²) in [5.41, 5.74) is 8.82. The van der Waals surface area contributed by atoms with Crippen molar-refractivity contribution in [1.29, 1.82) is 0 Å². The van der Waals surface area contributed by atoms with Gasteiger partial charge in [-0.3, -0.25) is 14.4 Å². The topological polar surface area (TPSA) is 77.2 Å². The summed E-state index contributed by atoms with van der Waals surface area (Å²) in [7, 11) is 0. The van der Waals surface area contributed by atoms with E-state index in [0.717, 1.165) is 47.9 Å². The Hall–Kier alpha value is -2.41. The SMILES string of the molecule is CC#Cc1cc(C)c(C2C(=O)CC3(CCC(CC(N)=O)CC3)CC2=O)c(C)c1. The quantitative estimate of drug-likeness (QED) is 0.642. The molecular weight excluding hydrogens is 350 g/mol. The van der Waals surface area contributed by atoms with E-state index in [9.17, 15) is 14.4 Å². The minimum atomic E-state index is -0.641. The zero-order valence-corrected chi connectivity index (χ0v) is 17.1. The molecule has 2 aliphatic carbocycles. The first-order chi connectivity index (χ1) is 13.2. The second-order valence-electron chi connectivity index (χ2n) is 8.73. The van der Waals surface area contributed by atoms with Crippen LogP contribution in [0, 0.1) is 37.0 Å². The van der Waals surface area contributed by atoms with Gasteiger partial charge in [0, 0.05) is 24.8 Å². The van der Waals surface area contributed by atoms with Crippen molar-refractivity contribution >= 4 is 17.5 Å². The molecule has 2 fully saturated rings. The Labute approximate surface area is 167 Å². The monoisotopic (exact) mass is 379 g/mol. The average molecular weight is 380 g/mol. The number of amides is 1. The minimum absolute atomic E-state index is 0.0464. The third-order valence-corrected chi connectivity index (χ3v) is 6.55. The van der Waals surface area contributed by atoms with Gasteiger partial charge in [0.2, 0.25) is 5.91 Å². The van der Waals surface area contributed by atoms with Gasteiger partial charge in [0.25, 0.3) is 0 Å². The van der Waals surface area contributed by atoms with Crippen LogP contribution in [0.1, 0.15) is 80.0 Å². The highest BCUT2D eigenvalue weighted by molar-refractivity contribution is 6.10. The summed E-state index contributed by atoms with van der Waals surface area (Å²) < 4.78 is 0. The van der Waals surface area contributed by atoms with E-state index in [1.54, 1.807) is 6.92 Å². The van der Waals surface area contributed by atoms with E-state index < -0.39 is 5.92 Å². The van der Waals surface area contributed by atoms with Gasteiger partial charge in [-0.15, -0.1) is 5.92 Å². The molecule has 0 aromatic heterocycles. The van der Waals surface area contributed by atoms with Crippen molar-refractivity contribution in [2.45, 2.75) is 71.6 Å². The smallest absolute Gasteiger partial charge is 0.217 e. The van der Waals surface area contributed by atoms with Crippen LogP contribution in [0.15, 0.2) is 12.1 Å². The Morgan fingerprint density at radius 2 is 1.64 bits per heavy atom. The third kappa shape index (κ3) is 4.04. The predicted octanol–water partition coefficient (Wildman–Crippen LogP) is 3.74. The van der Waals surface area contributed by atoms with E-state index in [1.807, 2.05) is 26.0 Å². The van der Waals surface area contributed by atoms with Crippen LogP contribution in [0.4, 0.5) is 0 Å². The number of nitrogens with two attached hydrogens (primary N) is 1. The van der Waals surface area contributed by atoms with Crippen molar-refractivity contribution < 1.29 is 14.4 Å². The molecule has 2 saturated carbocycles. The molecule has 1 amide bonds. The van der Waals surface area contributed by atoms with Crippen molar-refractivity contribution in [3.8, 4) is 11.8 Å². The van der Waals surface area contributed by atoms with Crippen LogP contribution in [0.2, 0.25) is 0 Å². The number of hydrogen-bond acceptors (Lipinski definition) is 3. The Balaban J connectivity index is 1.80. The van der Waals surface area contributed by atoms with Gasteiger partial charge in [-0.25, -0.2) is 0 Å². The van der Waals surface area contributed by atoms with Gasteiger partial charge in [0.1, 0.15) is 17.5 Å². The zero-order chi connectivity index (χ0) is 20.5. The van der Waals surface area contributed by atoms with Crippen LogP contribution in [0.25, 0.3) is 0 Å². The van der Waals surface area contributed by atoms with Crippen LogP contribution in [-0.2, 0) is 14.4 Å². The highest BCUT2D eigenvalue weighted by Gasteiger charge is 2.47. The van der Waals surface area contributed by atoms with Crippen molar-refractivity contribution in [2.24, 2.45) is 17.1 Å². The van der Waals surface area contributed by atoms with E-state index in [2.05, 4.69) is 11.8 Å². The van der Waals surface area contributed by atoms with Gasteiger partial charge in [0.05, 0.1) is 0 Å². The summed E-state index contributed by atoms with van der Waals surface area (Å²) in [5, 5.41) is 0. The van der Waals surface area contributed by atoms with E-state index in [4.69, 9.17) is 5.73 Å². The molecule has 2 aliphatic rings. The summed E-state index contributed by atoms with van der Waals surface area (Å²) in [6.07, 6.45) is 4.74. The molecule has 1 aromatic carbocycles. The number of carbonyl (C=O) groups is 3. The largest absolute Gasteiger partial charge is 0.370 e. The Bertz CT molecular complexity index is 836. The number of aryl methyl sites for hydroxylation is 2. The summed E-state index contributed by atoms with van der Waals surface area (Å²) in [4.78, 5) is 37.4. The summed E-state index contributed by atoms with van der Waals surface area (Å²) in [5.74, 6) is 5.43. The molecule has 28 heavy (non-hydrogen) atoms. The first-order valence-electron chi connectivity index (χ1n) is 10.1. The molecule has 0 unspecified atom stereocenters. The fourth-order valence-corrected chi connectivity index (χ4v) is 5.29. The molecule has 4 heteroatoms. The van der Waals surface area contributed by atoms with Gasteiger partial charge in [-0.2, -0.15) is 0 Å². The molecule has 3 rings (SSSR count). The maximum absolute atomic E-state index is 13.1. The second kappa shape index (κ2) is 7.91. The first kappa shape index (κ1) is 20.3. The molecule has 4 nitrogen and oxygen atoms in total. The Morgan fingerprint density at radius 1 is 1.11 bits per heavy atom. The van der Waals surface area contributed by atoms with E-state index in [-0.39, 0.29) is 22.9 Å². The average Bonchev–Trinajstić information content (AvgIpc) is 2.59. The van der Waals surface area contributed by atoms with Gasteiger partial charge in [-0.1, -0.05) is 5.92 Å². The molecule has 1 spiro atoms. The minimum Gasteiger partial charge on any atom is -0.370 e. The van der Waals surface area contributed by atoms with Crippen molar-refractivity contribution in [3.05, 3.63) is 34.4 Å². The van der Waals surface area contributed by atoms with Gasteiger partial charge in [0.15, 0.2) is 0 Å². The zero-order valence-electron chi connectivity index (χ0n) is 17.1. The van der Waals surface area contributed by atoms with Crippen molar-refractivity contribution in [2.75, 3.05) is 0 Å². The van der Waals surface area contributed by atoms with Crippen LogP contribution >= 0.6 is 0 Å². The maximum Gasteiger partial charge on any atom is 0.217 e. The lowest BCUT2D eigenvalue weighted by molar-refractivity contribution is -0.138. The number of Topliss-reactive ketones (excluding diaryl/α,β-unsaturated/α-hetero) is 2. The summed E-state index contributed by atoms with van der Waals surface area (Å²) in [6.45, 7) is 5.72. The van der Waals surface area contributed by atoms with Crippen LogP contribution in [0.3, 0.4) is 0 Å². The normalized spacial score (nSPS) is 27.4. The molecule has 0 radical (unpaired) electrons. The van der Waals surface area contributed by atoms with Gasteiger partial charge in [-0.05, 0) is 86.6 Å². The number of hydrogen-bond donors (Lipinski definition) is 1. The Morgan fingerprint density at radius 3 is 2.11 bits per heavy atom. The highest BCUT2D eigenvalue weighted by atomic mass is 16.2. The number of benzene rings is 1. The molecule has 0 atom stereocenters. The van der Waals surface area contributed by atoms with Crippen LogP contribution in [-0.4, -0.2) is 17.5 Å². The van der Waals surface area contributed by atoms with Crippen LogP contribution < -0.4 is 5.73 Å². The Kier molecular flexibility index (Phi) is 5.74. The lowest BCUT2D eigenvalue weighted by Crippen LogP contribution is -2.42. The third-order valence-electron chi connectivity index (χ3n) is 6.55. The number of rotatable bonds is 3. The number of carbonyl (C=O) groups excluding carboxylic acids is 3. The van der Waals surface area contributed by atoms with Gasteiger partial charge >= 0.3 is 0 Å². The fourth-order valence-electron chi connectivity index (χ4n) is 5.29. The van der Waals surface area contributed by atoms with E-state index in [0.29, 0.717) is 25.2 Å². The number of primary amides is 1. The molecule has 2 N–H and O–H groups in total. The molecule has 0 heterocycles. The molecule has 148 valence electrons. The second-order valence-corrected chi connectivity index (χ2v) is 8.73. The van der Waals surface area contributed by atoms with E-state index >= 15 is 0 Å². The molecule has 1 aromatic rings. The standard InChI is InChI=1S/C24H29NO3/c1-4-5-18-10-15(2)22(16(3)11-18)23-19(26)13-24(14-20(23)27)8-6-17(7-9-24)12-21(25)28/h10-11,17,23H,6-9,12-14H2,1-3H3,(H2,25,28). The predicted molar refractivity (Wildman–Crippen MR) is 109 cm³/mol. The highest BCUT2D eigenvalue weighted by Crippen LogP contribution is 2.50. The summed E-state index contributed by atoms with van der Waals surface area (Å²) in [6, 6.07) is 3.94.